The van der Waals surface area contributed by atoms with Gasteiger partial charge in [0.25, 0.3) is 6.71 Å². The van der Waals surface area contributed by atoms with Gasteiger partial charge in [-0.1, -0.05) is 164 Å². The lowest BCUT2D eigenvalue weighted by Crippen LogP contribution is -2.61. The van der Waals surface area contributed by atoms with Crippen LogP contribution in [0.1, 0.15) is 103 Å². The molecule has 13 rings (SSSR count). The molecule has 2 unspecified atom stereocenters. The van der Waals surface area contributed by atoms with Crippen molar-refractivity contribution in [2.75, 3.05) is 14.7 Å². The van der Waals surface area contributed by atoms with Gasteiger partial charge < -0.3 is 19.7 Å². The van der Waals surface area contributed by atoms with E-state index in [2.05, 4.69) is 264 Å². The van der Waals surface area contributed by atoms with E-state index in [1.165, 1.54) is 130 Å². The van der Waals surface area contributed by atoms with Gasteiger partial charge in [-0.3, -0.25) is 0 Å². The van der Waals surface area contributed by atoms with Gasteiger partial charge in [-0.05, 0) is 177 Å². The van der Waals surface area contributed by atoms with Crippen LogP contribution in [0.2, 0.25) is 0 Å². The summed E-state index contributed by atoms with van der Waals surface area (Å²) in [6.07, 6.45) is 6.79. The Hall–Kier alpha value is -7.50. The van der Waals surface area contributed by atoms with Crippen LogP contribution in [0.15, 0.2) is 188 Å². The minimum Gasteiger partial charge on any atom is -0.361 e. The van der Waals surface area contributed by atoms with E-state index in [-0.39, 0.29) is 28.5 Å². The largest absolute Gasteiger partial charge is 0.361 e. The number of aromatic amines is 1. The Kier molecular flexibility index (Phi) is 10.5. The first-order valence-corrected chi connectivity index (χ1v) is 27.1. The van der Waals surface area contributed by atoms with Crippen molar-refractivity contribution in [1.29, 1.82) is 0 Å². The first kappa shape index (κ1) is 46.3. The molecule has 0 spiro atoms. The summed E-state index contributed by atoms with van der Waals surface area (Å²) < 4.78 is 0. The molecule has 4 aliphatic rings. The first-order chi connectivity index (χ1) is 35.6. The highest BCUT2D eigenvalue weighted by Crippen LogP contribution is 2.62. The molecule has 1 fully saturated rings. The lowest BCUT2D eigenvalue weighted by atomic mass is 9.33. The number of fused-ring (bicyclic) bond motifs is 7. The highest BCUT2D eigenvalue weighted by Gasteiger charge is 2.58. The molecule has 4 nitrogen and oxygen atoms in total. The van der Waals surface area contributed by atoms with Gasteiger partial charge in [-0.2, -0.15) is 0 Å². The Morgan fingerprint density at radius 3 is 1.81 bits per heavy atom. The van der Waals surface area contributed by atoms with Gasteiger partial charge in [0.15, 0.2) is 0 Å². The van der Waals surface area contributed by atoms with Gasteiger partial charge in [0.2, 0.25) is 0 Å². The fraction of sp³-hybridized carbons (Fsp3) is 0.246. The maximum atomic E-state index is 3.51. The van der Waals surface area contributed by atoms with Crippen LogP contribution in [-0.4, -0.2) is 17.2 Å². The van der Waals surface area contributed by atoms with Crippen LogP contribution in [0, 0.1) is 6.92 Å². The zero-order chi connectivity index (χ0) is 50.9. The number of rotatable bonds is 6. The van der Waals surface area contributed by atoms with E-state index in [4.69, 9.17) is 0 Å². The second-order valence-corrected chi connectivity index (χ2v) is 24.3. The molecule has 0 amide bonds. The number of hydrogen-bond acceptors (Lipinski definition) is 3. The predicted octanol–water partition coefficient (Wildman–Crippen LogP) is 16.7. The van der Waals surface area contributed by atoms with Crippen LogP contribution in [0.5, 0.6) is 0 Å². The summed E-state index contributed by atoms with van der Waals surface area (Å²) >= 11 is 0. The van der Waals surface area contributed by atoms with E-state index < -0.39 is 0 Å². The normalized spacial score (nSPS) is 18.7. The molecule has 0 radical (unpaired) electrons. The number of H-pyrrole nitrogens is 1. The number of nitrogens with one attached hydrogen (secondary N) is 1. The number of anilines is 8. The first-order valence-electron chi connectivity index (χ1n) is 27.1. The number of benzene rings is 8. The smallest absolute Gasteiger partial charge is 0.252 e. The third-order valence-corrected chi connectivity index (χ3v) is 17.8. The molecule has 366 valence electrons. The summed E-state index contributed by atoms with van der Waals surface area (Å²) in [5.74, 6) is 0. The van der Waals surface area contributed by atoms with Gasteiger partial charge in [0.05, 0.1) is 11.2 Å². The number of nitrogens with zero attached hydrogens (tertiary/aromatic N) is 3. The average molecular weight is 963 g/mol. The summed E-state index contributed by atoms with van der Waals surface area (Å²) in [5, 5.41) is 0. The number of hydrogen-bond donors (Lipinski definition) is 1. The van der Waals surface area contributed by atoms with Gasteiger partial charge >= 0.3 is 0 Å². The Bertz CT molecular complexity index is 3640. The van der Waals surface area contributed by atoms with E-state index in [1.807, 2.05) is 6.20 Å². The lowest BCUT2D eigenvalue weighted by molar-refractivity contribution is 0.195. The second kappa shape index (κ2) is 16.8. The molecule has 2 atom stereocenters. The van der Waals surface area contributed by atoms with Gasteiger partial charge in [-0.25, -0.2) is 0 Å². The standard InChI is InChI=1S/C69H67BN4/c1-45-39-63-65-64(40-45)73(59-35-28-51(67(5,6)7)43-54(59)47-21-14-11-15-22-47)61-34-24-48(46-19-12-10-13-20-46)42-57(61)70(65)56-32-31-53(44-62(56)72(63)52-29-26-50(27-30-52)66(2,3)4)74-60-33-25-49(58-23-18-38-71-58)41-55(60)68(8)36-16-17-37-69(68,74)9/h10-15,18-35,38-44,71H,16-17,36-37H2,1-9H3. The fourth-order valence-electron chi connectivity index (χ4n) is 13.6. The summed E-state index contributed by atoms with van der Waals surface area (Å²) in [4.78, 5) is 11.5. The predicted molar refractivity (Wildman–Crippen MR) is 316 cm³/mol. The molecule has 1 saturated carbocycles. The molecular formula is C69H67BN4. The Balaban J connectivity index is 1.08. The van der Waals surface area contributed by atoms with E-state index in [1.54, 1.807) is 0 Å². The molecule has 0 saturated heterocycles. The van der Waals surface area contributed by atoms with Crippen LogP contribution in [0.3, 0.4) is 0 Å². The minimum absolute atomic E-state index is 0.0186. The molecule has 1 N–H and O–H groups in total. The molecule has 3 aliphatic heterocycles. The van der Waals surface area contributed by atoms with Crippen LogP contribution in [0.25, 0.3) is 33.5 Å². The van der Waals surface area contributed by atoms with Crippen molar-refractivity contribution in [2.45, 2.75) is 110 Å². The van der Waals surface area contributed by atoms with E-state index in [0.717, 1.165) is 12.8 Å². The molecule has 1 aliphatic carbocycles. The maximum Gasteiger partial charge on any atom is 0.252 e. The fourth-order valence-corrected chi connectivity index (χ4v) is 13.6. The molecule has 1 aromatic heterocycles. The topological polar surface area (TPSA) is 25.5 Å². The van der Waals surface area contributed by atoms with E-state index in [9.17, 15) is 0 Å². The Labute approximate surface area is 439 Å². The quantitative estimate of drug-likeness (QED) is 0.168. The van der Waals surface area contributed by atoms with Crippen molar-refractivity contribution >= 4 is 68.6 Å². The van der Waals surface area contributed by atoms with Gasteiger partial charge in [0, 0.05) is 62.7 Å². The van der Waals surface area contributed by atoms with Crippen LogP contribution in [0.4, 0.5) is 45.5 Å². The molecular weight excluding hydrogens is 896 g/mol. The second-order valence-electron chi connectivity index (χ2n) is 24.3. The van der Waals surface area contributed by atoms with E-state index >= 15 is 0 Å². The summed E-state index contributed by atoms with van der Waals surface area (Å²) in [6, 6.07) is 70.0. The maximum absolute atomic E-state index is 3.51. The van der Waals surface area contributed by atoms with Crippen molar-refractivity contribution in [3.8, 4) is 33.5 Å². The monoisotopic (exact) mass is 963 g/mol. The molecule has 8 aromatic carbocycles. The minimum atomic E-state index is -0.118. The van der Waals surface area contributed by atoms with Crippen LogP contribution < -0.4 is 31.1 Å². The summed E-state index contributed by atoms with van der Waals surface area (Å²) in [6.45, 7) is 21.3. The van der Waals surface area contributed by atoms with Crippen molar-refractivity contribution in [3.63, 3.8) is 0 Å². The Morgan fingerprint density at radius 2 is 1.11 bits per heavy atom. The summed E-state index contributed by atoms with van der Waals surface area (Å²) in [7, 11) is 0. The van der Waals surface area contributed by atoms with Crippen molar-refractivity contribution < 1.29 is 0 Å². The van der Waals surface area contributed by atoms with Crippen LogP contribution >= 0.6 is 0 Å². The molecule has 5 heteroatoms. The van der Waals surface area contributed by atoms with Crippen LogP contribution in [-0.2, 0) is 16.2 Å². The SMILES string of the molecule is Cc1cc2c3c(c1)N(c1ccc(C(C)(C)C)cc1-c1ccccc1)c1ccc(-c4ccccc4)cc1B3c1ccc(N3c4ccc(-c5ccc[nH]5)cc4C4(C)CCCCC34C)cc1N2c1ccc(C(C)(C)C)cc1. The Morgan fingerprint density at radius 1 is 0.473 bits per heavy atom. The third kappa shape index (κ3) is 7.09. The molecule has 4 heterocycles. The zero-order valence-electron chi connectivity index (χ0n) is 44.6. The highest BCUT2D eigenvalue weighted by molar-refractivity contribution is 7.00. The van der Waals surface area contributed by atoms with Crippen molar-refractivity contribution in [2.24, 2.45) is 0 Å². The van der Waals surface area contributed by atoms with Gasteiger partial charge in [0.1, 0.15) is 0 Å². The summed E-state index contributed by atoms with van der Waals surface area (Å²) in [5.41, 5.74) is 26.3. The third-order valence-electron chi connectivity index (χ3n) is 17.8. The zero-order valence-corrected chi connectivity index (χ0v) is 44.6. The number of aryl methyl sites for hydroxylation is 1. The van der Waals surface area contributed by atoms with Crippen molar-refractivity contribution in [1.82, 2.24) is 4.98 Å². The molecule has 9 aromatic rings. The number of aromatic nitrogens is 1. The van der Waals surface area contributed by atoms with Crippen molar-refractivity contribution in [3.05, 3.63) is 210 Å². The average Bonchev–Trinajstić information content (AvgIpc) is 4.01. The van der Waals surface area contributed by atoms with Gasteiger partial charge in [-0.15, -0.1) is 0 Å². The highest BCUT2D eigenvalue weighted by atomic mass is 15.3. The molecule has 74 heavy (non-hydrogen) atoms. The molecule has 0 bridgehead atoms. The lowest BCUT2D eigenvalue weighted by Gasteiger charge is -2.50. The van der Waals surface area contributed by atoms with E-state index in [0.29, 0.717) is 0 Å².